The summed E-state index contributed by atoms with van der Waals surface area (Å²) in [7, 11) is -5.08. The molecule has 0 saturated carbocycles. The lowest BCUT2D eigenvalue weighted by atomic mass is 9.99. The van der Waals surface area contributed by atoms with Gasteiger partial charge in [0.15, 0.2) is 6.29 Å². The maximum absolute atomic E-state index is 13.0. The number of rotatable bonds is 41. The number of unbranched alkanes of at least 4 members (excludes halogenated alkanes) is 29. The Morgan fingerprint density at radius 2 is 1.07 bits per heavy atom. The summed E-state index contributed by atoms with van der Waals surface area (Å²) in [5.41, 5.74) is 0. The molecule has 1 aliphatic rings. The molecule has 350 valence electrons. The average Bonchev–Trinajstić information content (AvgIpc) is 3.20. The molecule has 0 aromatic carbocycles. The van der Waals surface area contributed by atoms with Gasteiger partial charge < -0.3 is 35.2 Å². The van der Waals surface area contributed by atoms with Crippen molar-refractivity contribution < 1.29 is 51.8 Å². The number of amides is 1. The van der Waals surface area contributed by atoms with Crippen LogP contribution in [0, 0.1) is 0 Å². The molecule has 0 aromatic rings. The highest BCUT2D eigenvalue weighted by molar-refractivity contribution is 7.80. The molecule has 0 aliphatic carbocycles. The molecule has 1 saturated heterocycles. The van der Waals surface area contributed by atoms with E-state index < -0.39 is 59.9 Å². The molecular weight excluding hydrogens is 775 g/mol. The Morgan fingerprint density at radius 3 is 1.47 bits per heavy atom. The molecule has 1 heterocycles. The summed E-state index contributed by atoms with van der Waals surface area (Å²) in [4.78, 5) is 13.0. The molecule has 1 aliphatic heterocycles. The van der Waals surface area contributed by atoms with E-state index in [2.05, 4.69) is 23.3 Å². The number of hydrogen-bond donors (Lipinski definition) is 6. The van der Waals surface area contributed by atoms with Crippen molar-refractivity contribution in [2.45, 2.75) is 262 Å². The lowest BCUT2D eigenvalue weighted by Crippen LogP contribution is -2.61. The smallest absolute Gasteiger partial charge is 0.394 e. The van der Waals surface area contributed by atoms with Crippen LogP contribution < -0.4 is 5.32 Å². The Hall–Kier alpha value is -1.16. The highest BCUT2D eigenvalue weighted by Crippen LogP contribution is 2.26. The SMILES string of the molecule is CCCCCCCCCCC/C=C/C(O)C(COC1OC(CO)C(O)C(OS(=O)(=O)O)C1O)NC(=O)CCCCCCCCCCCCCCCCCCCCCCC. The van der Waals surface area contributed by atoms with Crippen molar-refractivity contribution in [2.75, 3.05) is 13.2 Å². The summed E-state index contributed by atoms with van der Waals surface area (Å²) in [5.74, 6) is -0.260. The molecule has 7 unspecified atom stereocenters. The molecule has 6 N–H and O–H groups in total. The number of aliphatic hydroxyl groups excluding tert-OH is 4. The van der Waals surface area contributed by atoms with Crippen LogP contribution in [0.15, 0.2) is 12.2 Å². The van der Waals surface area contributed by atoms with Crippen LogP contribution >= 0.6 is 0 Å². The van der Waals surface area contributed by atoms with Gasteiger partial charge in [0.2, 0.25) is 5.91 Å². The van der Waals surface area contributed by atoms with E-state index in [1.165, 1.54) is 154 Å². The quantitative estimate of drug-likeness (QED) is 0.0195. The second-order valence-corrected chi connectivity index (χ2v) is 18.1. The van der Waals surface area contributed by atoms with Gasteiger partial charge in [0.1, 0.15) is 24.4 Å². The van der Waals surface area contributed by atoms with Gasteiger partial charge in [-0.3, -0.25) is 9.35 Å². The highest BCUT2D eigenvalue weighted by Gasteiger charge is 2.48. The van der Waals surface area contributed by atoms with Crippen LogP contribution in [0.1, 0.15) is 219 Å². The van der Waals surface area contributed by atoms with E-state index in [0.717, 1.165) is 38.5 Å². The first-order valence-corrected chi connectivity index (χ1v) is 25.4. The van der Waals surface area contributed by atoms with E-state index in [4.69, 9.17) is 9.47 Å². The van der Waals surface area contributed by atoms with Gasteiger partial charge >= 0.3 is 10.4 Å². The first kappa shape index (κ1) is 55.9. The van der Waals surface area contributed by atoms with Crippen molar-refractivity contribution in [3.63, 3.8) is 0 Å². The second-order valence-electron chi connectivity index (χ2n) is 17.1. The van der Waals surface area contributed by atoms with Gasteiger partial charge in [-0.05, 0) is 19.3 Å². The third-order valence-electron chi connectivity index (χ3n) is 11.6. The predicted octanol–water partition coefficient (Wildman–Crippen LogP) is 9.55. The lowest BCUT2D eigenvalue weighted by Gasteiger charge is -2.41. The molecule has 1 rings (SSSR count). The van der Waals surface area contributed by atoms with E-state index in [9.17, 15) is 38.2 Å². The summed E-state index contributed by atoms with van der Waals surface area (Å²) in [6, 6.07) is -0.937. The zero-order chi connectivity index (χ0) is 43.4. The molecular formula is C46H89NO11S. The summed E-state index contributed by atoms with van der Waals surface area (Å²) in [6.07, 6.45) is 32.6. The normalized spacial score (nSPS) is 21.0. The van der Waals surface area contributed by atoms with Crippen LogP contribution in [0.4, 0.5) is 0 Å². The fourth-order valence-electron chi connectivity index (χ4n) is 7.81. The number of allylic oxidation sites excluding steroid dienone is 1. The van der Waals surface area contributed by atoms with E-state index in [1.807, 2.05) is 6.08 Å². The van der Waals surface area contributed by atoms with E-state index in [0.29, 0.717) is 6.42 Å². The third kappa shape index (κ3) is 30.5. The number of hydrogen-bond acceptors (Lipinski definition) is 10. The van der Waals surface area contributed by atoms with Crippen molar-refractivity contribution in [3.8, 4) is 0 Å². The maximum atomic E-state index is 13.0. The largest absolute Gasteiger partial charge is 0.397 e. The van der Waals surface area contributed by atoms with Crippen molar-refractivity contribution in [1.82, 2.24) is 5.32 Å². The number of aliphatic hydroxyl groups is 4. The summed E-state index contributed by atoms with van der Waals surface area (Å²) >= 11 is 0. The molecule has 59 heavy (non-hydrogen) atoms. The van der Waals surface area contributed by atoms with Gasteiger partial charge in [-0.1, -0.05) is 206 Å². The van der Waals surface area contributed by atoms with Crippen LogP contribution in [0.2, 0.25) is 0 Å². The number of nitrogens with one attached hydrogen (secondary N) is 1. The van der Waals surface area contributed by atoms with Gasteiger partial charge in [-0.15, -0.1) is 0 Å². The molecule has 12 nitrogen and oxygen atoms in total. The van der Waals surface area contributed by atoms with Crippen LogP contribution in [0.5, 0.6) is 0 Å². The third-order valence-corrected chi connectivity index (χ3v) is 12.0. The number of carbonyl (C=O) groups excluding carboxylic acids is 1. The first-order chi connectivity index (χ1) is 28.5. The number of ether oxygens (including phenoxy) is 2. The average molecular weight is 864 g/mol. The summed E-state index contributed by atoms with van der Waals surface area (Å²) < 4.78 is 47.5. The van der Waals surface area contributed by atoms with Crippen LogP contribution in [0.3, 0.4) is 0 Å². The van der Waals surface area contributed by atoms with E-state index >= 15 is 0 Å². The molecule has 7 atom stereocenters. The Morgan fingerprint density at radius 1 is 0.661 bits per heavy atom. The molecule has 13 heteroatoms. The van der Waals surface area contributed by atoms with Crippen molar-refractivity contribution in [1.29, 1.82) is 0 Å². The molecule has 0 radical (unpaired) electrons. The van der Waals surface area contributed by atoms with E-state index in [1.54, 1.807) is 6.08 Å². The van der Waals surface area contributed by atoms with Gasteiger partial charge in [0.05, 0.1) is 25.4 Å². The Labute approximate surface area is 360 Å². The van der Waals surface area contributed by atoms with Crippen LogP contribution in [-0.2, 0) is 28.9 Å². The monoisotopic (exact) mass is 864 g/mol. The van der Waals surface area contributed by atoms with Crippen molar-refractivity contribution in [3.05, 3.63) is 12.2 Å². The fourth-order valence-corrected chi connectivity index (χ4v) is 8.32. The fraction of sp³-hybridized carbons (Fsp3) is 0.935. The Balaban J connectivity index is 2.42. The Bertz CT molecular complexity index is 1110. The van der Waals surface area contributed by atoms with Gasteiger partial charge in [0.25, 0.3) is 0 Å². The van der Waals surface area contributed by atoms with Gasteiger partial charge in [0, 0.05) is 6.42 Å². The predicted molar refractivity (Wildman–Crippen MR) is 236 cm³/mol. The van der Waals surface area contributed by atoms with Crippen molar-refractivity contribution in [2.24, 2.45) is 0 Å². The maximum Gasteiger partial charge on any atom is 0.397 e. The van der Waals surface area contributed by atoms with Gasteiger partial charge in [-0.25, -0.2) is 4.18 Å². The van der Waals surface area contributed by atoms with E-state index in [-0.39, 0.29) is 18.9 Å². The molecule has 0 aromatic heterocycles. The van der Waals surface area contributed by atoms with Crippen LogP contribution in [0.25, 0.3) is 0 Å². The molecule has 0 bridgehead atoms. The van der Waals surface area contributed by atoms with Crippen LogP contribution in [-0.4, -0.2) is 95.4 Å². The molecule has 0 spiro atoms. The highest BCUT2D eigenvalue weighted by atomic mass is 32.3. The minimum atomic E-state index is -5.08. The summed E-state index contributed by atoms with van der Waals surface area (Å²) in [5, 5.41) is 44.6. The lowest BCUT2D eigenvalue weighted by molar-refractivity contribution is -0.298. The molecule has 1 amide bonds. The number of carbonyl (C=O) groups is 1. The zero-order valence-electron chi connectivity index (χ0n) is 37.3. The first-order valence-electron chi connectivity index (χ1n) is 24.1. The minimum Gasteiger partial charge on any atom is -0.394 e. The topological polar surface area (TPSA) is 192 Å². The zero-order valence-corrected chi connectivity index (χ0v) is 38.1. The van der Waals surface area contributed by atoms with Gasteiger partial charge in [-0.2, -0.15) is 8.42 Å². The summed E-state index contributed by atoms with van der Waals surface area (Å²) in [6.45, 7) is 3.38. The standard InChI is InChI=1S/C46H89NO11S/c1-3-5-7-9-11-13-15-16-17-18-19-20-21-22-23-24-26-28-30-32-34-36-42(50)47-39(40(49)35-33-31-29-27-25-14-12-10-8-6-4-2)38-56-46-44(52)45(58-59(53,54)55)43(51)41(37-48)57-46/h33,35,39-41,43-46,48-49,51-52H,3-32,34,36-38H2,1-2H3,(H,47,50)(H,53,54,55)/b35-33+. The second kappa shape index (κ2) is 37.4. The minimum absolute atomic E-state index is 0.260. The Kier molecular flexibility index (Phi) is 35.4. The van der Waals surface area contributed by atoms with Crippen molar-refractivity contribution >= 4 is 16.3 Å². The molecule has 1 fully saturated rings.